The first kappa shape index (κ1) is 24.4. The Morgan fingerprint density at radius 3 is 2.60 bits per heavy atom. The molecule has 1 N–H and O–H groups in total. The minimum Gasteiger partial charge on any atom is -0.269 e. The Morgan fingerprint density at radius 1 is 1.23 bits per heavy atom. The van der Waals surface area contributed by atoms with Crippen molar-refractivity contribution in [2.75, 3.05) is 5.75 Å². The second-order valence-corrected chi connectivity index (χ2v) is 10.1. The average molecular weight is 472 g/mol. The van der Waals surface area contributed by atoms with Crippen LogP contribution >= 0.6 is 23.2 Å². The van der Waals surface area contributed by atoms with E-state index in [1.807, 2.05) is 32.9 Å². The van der Waals surface area contributed by atoms with E-state index in [-0.39, 0.29) is 11.7 Å². The molecule has 0 saturated carbocycles. The van der Waals surface area contributed by atoms with Crippen LogP contribution < -0.4 is 4.72 Å². The largest absolute Gasteiger partial charge is 0.269 e. The molecule has 0 fully saturated rings. The van der Waals surface area contributed by atoms with Crippen LogP contribution in [0.5, 0.6) is 0 Å². The van der Waals surface area contributed by atoms with Gasteiger partial charge >= 0.3 is 0 Å². The Bertz CT molecular complexity index is 1010. The number of hydrogen-bond donors (Lipinski definition) is 1. The summed E-state index contributed by atoms with van der Waals surface area (Å²) in [5.41, 5.74) is 2.35. The lowest BCUT2D eigenvalue weighted by Gasteiger charge is -2.08. The topological polar surface area (TPSA) is 81.1 Å². The maximum Gasteiger partial charge on any atom is 0.257 e. The molecular formula is C21H27Cl2N3O3S. The Hall–Kier alpha value is -1.83. The standard InChI is InChI=1S/C21H27Cl2N3O3S/c1-4-5-6-11-30(28,29)25-21(27)10-9-18-13-20(15(2)3)24-26(18)14-16-7-8-17(22)12-19(16)23/h7-10,12-13,15H,4-6,11,14H2,1-3H3,(H,25,27). The number of amides is 1. The lowest BCUT2D eigenvalue weighted by molar-refractivity contribution is -0.114. The molecule has 1 amide bonds. The number of halogens is 2. The van der Waals surface area contributed by atoms with E-state index in [1.54, 1.807) is 22.9 Å². The van der Waals surface area contributed by atoms with Gasteiger partial charge in [0.15, 0.2) is 0 Å². The van der Waals surface area contributed by atoms with Crippen molar-refractivity contribution in [3.8, 4) is 0 Å². The van der Waals surface area contributed by atoms with Crippen LogP contribution in [0.1, 0.15) is 62.9 Å². The Balaban J connectivity index is 2.18. The van der Waals surface area contributed by atoms with Crippen LogP contribution in [0.15, 0.2) is 30.3 Å². The Kier molecular flexibility index (Phi) is 8.94. The predicted octanol–water partition coefficient (Wildman–Crippen LogP) is 5.01. The summed E-state index contributed by atoms with van der Waals surface area (Å²) >= 11 is 12.2. The number of carbonyl (C=O) groups is 1. The van der Waals surface area contributed by atoms with Crippen molar-refractivity contribution in [3.63, 3.8) is 0 Å². The van der Waals surface area contributed by atoms with Gasteiger partial charge in [0.2, 0.25) is 10.0 Å². The highest BCUT2D eigenvalue weighted by atomic mass is 35.5. The third-order valence-corrected chi connectivity index (χ3v) is 6.36. The molecule has 0 aliphatic rings. The first-order chi connectivity index (χ1) is 14.1. The number of aromatic nitrogens is 2. The van der Waals surface area contributed by atoms with Gasteiger partial charge in [-0.25, -0.2) is 13.1 Å². The second-order valence-electron chi connectivity index (χ2n) is 7.37. The first-order valence-corrected chi connectivity index (χ1v) is 12.3. The van der Waals surface area contributed by atoms with Crippen molar-refractivity contribution in [2.45, 2.75) is 52.5 Å². The van der Waals surface area contributed by atoms with Crippen LogP contribution in [0.2, 0.25) is 10.0 Å². The number of hydrogen-bond acceptors (Lipinski definition) is 4. The van der Waals surface area contributed by atoms with Gasteiger partial charge in [0.25, 0.3) is 5.91 Å². The van der Waals surface area contributed by atoms with E-state index in [0.29, 0.717) is 28.7 Å². The third-order valence-electron chi connectivity index (χ3n) is 4.43. The van der Waals surface area contributed by atoms with Gasteiger partial charge in [0, 0.05) is 16.1 Å². The smallest absolute Gasteiger partial charge is 0.257 e. The van der Waals surface area contributed by atoms with Crippen LogP contribution in [0.4, 0.5) is 0 Å². The highest BCUT2D eigenvalue weighted by molar-refractivity contribution is 7.90. The molecule has 0 spiro atoms. The van der Waals surface area contributed by atoms with Crippen molar-refractivity contribution < 1.29 is 13.2 Å². The van der Waals surface area contributed by atoms with Gasteiger partial charge in [0.05, 0.1) is 23.7 Å². The molecule has 30 heavy (non-hydrogen) atoms. The fourth-order valence-corrected chi connectivity index (χ4v) is 4.28. The maximum atomic E-state index is 12.1. The normalized spacial score (nSPS) is 12.1. The van der Waals surface area contributed by atoms with E-state index in [0.717, 1.165) is 24.1 Å². The number of sulfonamides is 1. The summed E-state index contributed by atoms with van der Waals surface area (Å²) in [5.74, 6) is -0.563. The minimum absolute atomic E-state index is 0.0646. The van der Waals surface area contributed by atoms with Crippen LogP contribution in [0.25, 0.3) is 6.08 Å². The van der Waals surface area contributed by atoms with Gasteiger partial charge in [-0.3, -0.25) is 9.48 Å². The predicted molar refractivity (Wildman–Crippen MR) is 122 cm³/mol. The van der Waals surface area contributed by atoms with Crippen LogP contribution in [-0.4, -0.2) is 29.9 Å². The fourth-order valence-electron chi connectivity index (χ4n) is 2.75. The number of carbonyl (C=O) groups excluding carboxylic acids is 1. The molecule has 1 heterocycles. The molecule has 2 aromatic rings. The van der Waals surface area contributed by atoms with Gasteiger partial charge in [-0.1, -0.05) is 62.9 Å². The summed E-state index contributed by atoms with van der Waals surface area (Å²) in [7, 11) is -3.64. The van der Waals surface area contributed by atoms with Crippen molar-refractivity contribution in [2.24, 2.45) is 0 Å². The van der Waals surface area contributed by atoms with Gasteiger partial charge in [-0.15, -0.1) is 0 Å². The molecular weight excluding hydrogens is 445 g/mol. The van der Waals surface area contributed by atoms with Crippen molar-refractivity contribution in [1.29, 1.82) is 0 Å². The summed E-state index contributed by atoms with van der Waals surface area (Å²) in [6.45, 7) is 6.41. The monoisotopic (exact) mass is 471 g/mol. The lowest BCUT2D eigenvalue weighted by Crippen LogP contribution is -2.31. The Morgan fingerprint density at radius 2 is 1.97 bits per heavy atom. The molecule has 0 bridgehead atoms. The number of rotatable bonds is 10. The van der Waals surface area contributed by atoms with Gasteiger partial charge < -0.3 is 0 Å². The van der Waals surface area contributed by atoms with Gasteiger partial charge in [0.1, 0.15) is 0 Å². The minimum atomic E-state index is -3.64. The molecule has 0 aliphatic heterocycles. The number of nitrogens with one attached hydrogen (secondary N) is 1. The van der Waals surface area contributed by atoms with Crippen molar-refractivity contribution in [3.05, 3.63) is 57.3 Å². The molecule has 2 rings (SSSR count). The zero-order valence-corrected chi connectivity index (χ0v) is 19.7. The molecule has 0 aliphatic carbocycles. The van der Waals surface area contributed by atoms with E-state index in [2.05, 4.69) is 9.82 Å². The fraction of sp³-hybridized carbons (Fsp3) is 0.429. The Labute approximate surface area is 188 Å². The van der Waals surface area contributed by atoms with Crippen LogP contribution in [0.3, 0.4) is 0 Å². The molecule has 0 atom stereocenters. The van der Waals surface area contributed by atoms with Gasteiger partial charge in [-0.05, 0) is 42.2 Å². The third kappa shape index (κ3) is 7.45. The summed E-state index contributed by atoms with van der Waals surface area (Å²) < 4.78 is 27.8. The average Bonchev–Trinajstić information content (AvgIpc) is 3.05. The van der Waals surface area contributed by atoms with Crippen LogP contribution in [-0.2, 0) is 21.4 Å². The highest BCUT2D eigenvalue weighted by Crippen LogP contribution is 2.23. The SMILES string of the molecule is CCCCCS(=O)(=O)NC(=O)C=Cc1cc(C(C)C)nn1Cc1ccc(Cl)cc1Cl. The van der Waals surface area contributed by atoms with Gasteiger partial charge in [-0.2, -0.15) is 5.10 Å². The first-order valence-electron chi connectivity index (χ1n) is 9.85. The molecule has 0 radical (unpaired) electrons. The number of benzene rings is 1. The number of unbranched alkanes of at least 4 members (excludes halogenated alkanes) is 2. The zero-order chi connectivity index (χ0) is 22.3. The highest BCUT2D eigenvalue weighted by Gasteiger charge is 2.14. The molecule has 0 unspecified atom stereocenters. The molecule has 164 valence electrons. The molecule has 0 saturated heterocycles. The molecule has 9 heteroatoms. The van der Waals surface area contributed by atoms with Crippen LogP contribution in [0, 0.1) is 0 Å². The van der Waals surface area contributed by atoms with E-state index >= 15 is 0 Å². The van der Waals surface area contributed by atoms with E-state index in [1.165, 1.54) is 6.08 Å². The van der Waals surface area contributed by atoms with E-state index in [9.17, 15) is 13.2 Å². The summed E-state index contributed by atoms with van der Waals surface area (Å²) in [6, 6.07) is 7.11. The van der Waals surface area contributed by atoms with E-state index in [4.69, 9.17) is 23.2 Å². The maximum absolute atomic E-state index is 12.1. The van der Waals surface area contributed by atoms with Crippen molar-refractivity contribution >= 4 is 45.2 Å². The second kappa shape index (κ2) is 11.0. The molecule has 6 nitrogen and oxygen atoms in total. The zero-order valence-electron chi connectivity index (χ0n) is 17.4. The quantitative estimate of drug-likeness (QED) is 0.389. The summed E-state index contributed by atoms with van der Waals surface area (Å²) in [4.78, 5) is 12.1. The molecule has 1 aromatic carbocycles. The summed E-state index contributed by atoms with van der Waals surface area (Å²) in [6.07, 6.45) is 4.99. The van der Waals surface area contributed by atoms with Crippen molar-refractivity contribution in [1.82, 2.24) is 14.5 Å². The van der Waals surface area contributed by atoms with E-state index < -0.39 is 15.9 Å². The number of nitrogens with zero attached hydrogens (tertiary/aromatic N) is 2. The lowest BCUT2D eigenvalue weighted by atomic mass is 10.1. The molecule has 1 aromatic heterocycles. The summed E-state index contributed by atoms with van der Waals surface area (Å²) in [5, 5.41) is 5.66.